The summed E-state index contributed by atoms with van der Waals surface area (Å²) in [6.07, 6.45) is 1.64. The molecule has 0 bridgehead atoms. The van der Waals surface area contributed by atoms with Crippen LogP contribution >= 0.6 is 27.5 Å². The van der Waals surface area contributed by atoms with Crippen LogP contribution in [0.25, 0.3) is 10.9 Å². The van der Waals surface area contributed by atoms with Gasteiger partial charge >= 0.3 is 0 Å². The fourth-order valence-electron chi connectivity index (χ4n) is 2.00. The number of aromatic amines is 1. The average Bonchev–Trinajstić information content (AvgIpc) is 2.71. The first kappa shape index (κ1) is 13.2. The van der Waals surface area contributed by atoms with E-state index in [1.807, 2.05) is 30.3 Å². The van der Waals surface area contributed by atoms with Gasteiger partial charge in [0.1, 0.15) is 0 Å². The standard InChI is InChI=1S/C15H10BrClN2O/c16-9-2-1-3-11(6-9)18-8-13-12-5-4-10(17)7-14(12)19-15(13)20/h1-8,19-20H. The van der Waals surface area contributed by atoms with Gasteiger partial charge in [0.2, 0.25) is 0 Å². The number of benzene rings is 2. The Morgan fingerprint density at radius 3 is 2.85 bits per heavy atom. The Kier molecular flexibility index (Phi) is 3.51. The van der Waals surface area contributed by atoms with E-state index in [0.29, 0.717) is 10.6 Å². The van der Waals surface area contributed by atoms with E-state index in [1.165, 1.54) is 0 Å². The summed E-state index contributed by atoms with van der Waals surface area (Å²) in [4.78, 5) is 7.26. The fourth-order valence-corrected chi connectivity index (χ4v) is 2.56. The first-order valence-electron chi connectivity index (χ1n) is 5.93. The summed E-state index contributed by atoms with van der Waals surface area (Å²) in [5, 5.41) is 11.5. The van der Waals surface area contributed by atoms with Gasteiger partial charge in [-0.2, -0.15) is 0 Å². The van der Waals surface area contributed by atoms with Crippen LogP contribution in [-0.4, -0.2) is 16.3 Å². The molecule has 0 aliphatic heterocycles. The number of nitrogens with one attached hydrogen (secondary N) is 1. The van der Waals surface area contributed by atoms with Crippen molar-refractivity contribution in [1.29, 1.82) is 0 Å². The lowest BCUT2D eigenvalue weighted by Crippen LogP contribution is -1.79. The normalized spacial score (nSPS) is 11.5. The fraction of sp³-hybridized carbons (Fsp3) is 0. The van der Waals surface area contributed by atoms with Gasteiger partial charge in [0, 0.05) is 21.1 Å². The minimum atomic E-state index is 0.0843. The third kappa shape index (κ3) is 2.57. The smallest absolute Gasteiger partial charge is 0.198 e. The van der Waals surface area contributed by atoms with Crippen molar-refractivity contribution in [2.45, 2.75) is 0 Å². The van der Waals surface area contributed by atoms with Crippen molar-refractivity contribution >= 4 is 50.3 Å². The van der Waals surface area contributed by atoms with Crippen LogP contribution in [0, 0.1) is 0 Å². The maximum absolute atomic E-state index is 9.96. The van der Waals surface area contributed by atoms with Crippen LogP contribution in [0.3, 0.4) is 0 Å². The summed E-state index contributed by atoms with van der Waals surface area (Å²) in [7, 11) is 0. The zero-order valence-corrected chi connectivity index (χ0v) is 12.6. The van der Waals surface area contributed by atoms with Gasteiger partial charge in [-0.3, -0.25) is 4.99 Å². The molecule has 0 saturated carbocycles. The lowest BCUT2D eigenvalue weighted by Gasteiger charge is -1.95. The molecule has 20 heavy (non-hydrogen) atoms. The number of hydrogen-bond donors (Lipinski definition) is 2. The molecule has 1 aromatic heterocycles. The Hall–Kier alpha value is -1.78. The van der Waals surface area contributed by atoms with Crippen molar-refractivity contribution in [3.05, 3.63) is 57.5 Å². The summed E-state index contributed by atoms with van der Waals surface area (Å²) in [5.41, 5.74) is 2.24. The number of rotatable bonds is 2. The van der Waals surface area contributed by atoms with Gasteiger partial charge in [-0.15, -0.1) is 0 Å². The van der Waals surface area contributed by atoms with E-state index in [2.05, 4.69) is 25.9 Å². The van der Waals surface area contributed by atoms with Gasteiger partial charge in [0.05, 0.1) is 16.8 Å². The second kappa shape index (κ2) is 5.31. The molecule has 3 nitrogen and oxygen atoms in total. The molecule has 0 aliphatic rings. The monoisotopic (exact) mass is 348 g/mol. The average molecular weight is 350 g/mol. The van der Waals surface area contributed by atoms with E-state index in [1.54, 1.807) is 18.3 Å². The van der Waals surface area contributed by atoms with Crippen molar-refractivity contribution in [1.82, 2.24) is 4.98 Å². The Bertz CT molecular complexity index is 811. The zero-order chi connectivity index (χ0) is 14.1. The number of fused-ring (bicyclic) bond motifs is 1. The van der Waals surface area contributed by atoms with Gasteiger partial charge in [0.25, 0.3) is 0 Å². The first-order valence-corrected chi connectivity index (χ1v) is 7.10. The van der Waals surface area contributed by atoms with Crippen LogP contribution < -0.4 is 0 Å². The van der Waals surface area contributed by atoms with Crippen LogP contribution in [-0.2, 0) is 0 Å². The highest BCUT2D eigenvalue weighted by atomic mass is 79.9. The van der Waals surface area contributed by atoms with Crippen LogP contribution in [0.1, 0.15) is 5.56 Å². The number of nitrogens with zero attached hydrogens (tertiary/aromatic N) is 1. The Morgan fingerprint density at radius 1 is 1.20 bits per heavy atom. The Labute approximate surface area is 129 Å². The number of hydrogen-bond acceptors (Lipinski definition) is 2. The summed E-state index contributed by atoms with van der Waals surface area (Å²) >= 11 is 9.33. The second-order valence-corrected chi connectivity index (χ2v) is 5.67. The van der Waals surface area contributed by atoms with E-state index in [4.69, 9.17) is 11.6 Å². The maximum atomic E-state index is 9.96. The van der Waals surface area contributed by atoms with Crippen molar-refractivity contribution < 1.29 is 5.11 Å². The molecular weight excluding hydrogens is 340 g/mol. The molecule has 2 N–H and O–H groups in total. The van der Waals surface area contributed by atoms with Crippen molar-refractivity contribution in [2.75, 3.05) is 0 Å². The number of aliphatic imine (C=N–C) groups is 1. The summed E-state index contributed by atoms with van der Waals surface area (Å²) in [5.74, 6) is 0.0843. The van der Waals surface area contributed by atoms with Crippen LogP contribution in [0.4, 0.5) is 5.69 Å². The Morgan fingerprint density at radius 2 is 2.05 bits per heavy atom. The van der Waals surface area contributed by atoms with Gasteiger partial charge < -0.3 is 10.1 Å². The molecule has 0 aliphatic carbocycles. The molecule has 3 rings (SSSR count). The molecule has 0 radical (unpaired) electrons. The quantitative estimate of drug-likeness (QED) is 0.626. The highest BCUT2D eigenvalue weighted by molar-refractivity contribution is 9.10. The first-order chi connectivity index (χ1) is 9.63. The predicted molar refractivity (Wildman–Crippen MR) is 86.4 cm³/mol. The highest BCUT2D eigenvalue weighted by Gasteiger charge is 2.08. The lowest BCUT2D eigenvalue weighted by atomic mass is 10.2. The molecule has 2 aromatic carbocycles. The van der Waals surface area contributed by atoms with E-state index in [0.717, 1.165) is 21.1 Å². The minimum Gasteiger partial charge on any atom is -0.494 e. The molecule has 0 atom stereocenters. The summed E-state index contributed by atoms with van der Waals surface area (Å²) < 4.78 is 0.960. The third-order valence-electron chi connectivity index (χ3n) is 2.93. The number of halogens is 2. The van der Waals surface area contributed by atoms with Crippen molar-refractivity contribution in [2.24, 2.45) is 4.99 Å². The SMILES string of the molecule is Oc1[nH]c2cc(Cl)ccc2c1C=Nc1cccc(Br)c1. The minimum absolute atomic E-state index is 0.0843. The summed E-state index contributed by atoms with van der Waals surface area (Å²) in [6.45, 7) is 0. The number of H-pyrrole nitrogens is 1. The maximum Gasteiger partial charge on any atom is 0.198 e. The molecule has 0 spiro atoms. The van der Waals surface area contributed by atoms with E-state index in [-0.39, 0.29) is 5.88 Å². The van der Waals surface area contributed by atoms with Gasteiger partial charge in [-0.1, -0.05) is 39.7 Å². The second-order valence-electron chi connectivity index (χ2n) is 4.32. The zero-order valence-electron chi connectivity index (χ0n) is 10.3. The molecule has 100 valence electrons. The third-order valence-corrected chi connectivity index (χ3v) is 3.66. The molecule has 5 heteroatoms. The van der Waals surface area contributed by atoms with Crippen LogP contribution in [0.5, 0.6) is 5.88 Å². The topological polar surface area (TPSA) is 48.4 Å². The molecule has 0 unspecified atom stereocenters. The molecular formula is C15H10BrClN2O. The van der Waals surface area contributed by atoms with Crippen molar-refractivity contribution in [3.63, 3.8) is 0 Å². The lowest BCUT2D eigenvalue weighted by molar-refractivity contribution is 0.457. The predicted octanol–water partition coefficient (Wildman–Crippen LogP) is 5.04. The Balaban J connectivity index is 2.04. The van der Waals surface area contributed by atoms with Crippen molar-refractivity contribution in [3.8, 4) is 5.88 Å². The highest BCUT2D eigenvalue weighted by Crippen LogP contribution is 2.28. The van der Waals surface area contributed by atoms with Gasteiger partial charge in [-0.05, 0) is 30.3 Å². The number of aromatic hydroxyl groups is 1. The molecule has 0 fully saturated rings. The van der Waals surface area contributed by atoms with Gasteiger partial charge in [-0.25, -0.2) is 0 Å². The van der Waals surface area contributed by atoms with Gasteiger partial charge in [0.15, 0.2) is 5.88 Å². The van der Waals surface area contributed by atoms with E-state index < -0.39 is 0 Å². The van der Waals surface area contributed by atoms with E-state index >= 15 is 0 Å². The van der Waals surface area contributed by atoms with Crippen LogP contribution in [0.2, 0.25) is 5.02 Å². The number of aromatic nitrogens is 1. The molecule has 3 aromatic rings. The largest absolute Gasteiger partial charge is 0.494 e. The van der Waals surface area contributed by atoms with Crippen LogP contribution in [0.15, 0.2) is 51.9 Å². The molecule has 1 heterocycles. The molecule has 0 amide bonds. The molecule has 0 saturated heterocycles. The summed E-state index contributed by atoms with van der Waals surface area (Å²) in [6, 6.07) is 13.1. The van der Waals surface area contributed by atoms with E-state index in [9.17, 15) is 5.11 Å².